The maximum absolute atomic E-state index is 12.0. The molecule has 3 heterocycles. The zero-order valence-electron chi connectivity index (χ0n) is 11.0. The van der Waals surface area contributed by atoms with Gasteiger partial charge in [0.05, 0.1) is 17.8 Å². The van der Waals surface area contributed by atoms with Gasteiger partial charge in [-0.2, -0.15) is 10.2 Å². The topological polar surface area (TPSA) is 81.5 Å². The minimum atomic E-state index is -0.136. The first kappa shape index (κ1) is 13.0. The second-order valence-corrected chi connectivity index (χ2v) is 4.33. The van der Waals surface area contributed by atoms with E-state index in [9.17, 15) is 4.79 Å². The fourth-order valence-corrected chi connectivity index (χ4v) is 1.81. The van der Waals surface area contributed by atoms with Crippen LogP contribution in [0, 0.1) is 0 Å². The van der Waals surface area contributed by atoms with Gasteiger partial charge < -0.3 is 0 Å². The van der Waals surface area contributed by atoms with E-state index in [-0.39, 0.29) is 12.2 Å². The normalized spacial score (nSPS) is 10.3. The van der Waals surface area contributed by atoms with Gasteiger partial charge in [0.1, 0.15) is 11.4 Å². The van der Waals surface area contributed by atoms with E-state index < -0.39 is 0 Å². The molecule has 0 aliphatic carbocycles. The lowest BCUT2D eigenvalue weighted by molar-refractivity contribution is 0.0986. The Kier molecular flexibility index (Phi) is 3.68. The van der Waals surface area contributed by atoms with Crippen LogP contribution in [0.25, 0.3) is 11.4 Å². The average molecular weight is 277 g/mol. The van der Waals surface area contributed by atoms with E-state index in [1.165, 1.54) is 6.20 Å². The number of pyridine rings is 1. The zero-order chi connectivity index (χ0) is 14.5. The summed E-state index contributed by atoms with van der Waals surface area (Å²) < 4.78 is 0. The van der Waals surface area contributed by atoms with Gasteiger partial charge in [-0.25, -0.2) is 0 Å². The van der Waals surface area contributed by atoms with Crippen molar-refractivity contribution >= 4 is 5.78 Å². The summed E-state index contributed by atoms with van der Waals surface area (Å²) in [4.78, 5) is 16.2. The summed E-state index contributed by atoms with van der Waals surface area (Å²) in [6, 6.07) is 12.5. The number of nitrogens with zero attached hydrogens (tertiary/aromatic N) is 5. The van der Waals surface area contributed by atoms with E-state index in [0.29, 0.717) is 17.1 Å². The van der Waals surface area contributed by atoms with Gasteiger partial charge in [-0.1, -0.05) is 6.07 Å². The van der Waals surface area contributed by atoms with E-state index in [0.717, 1.165) is 5.69 Å². The van der Waals surface area contributed by atoms with Gasteiger partial charge in [-0.3, -0.25) is 9.78 Å². The molecular weight excluding hydrogens is 266 g/mol. The number of rotatable bonds is 4. The quantitative estimate of drug-likeness (QED) is 0.676. The van der Waals surface area contributed by atoms with Crippen LogP contribution in [-0.2, 0) is 6.42 Å². The molecule has 0 aromatic carbocycles. The van der Waals surface area contributed by atoms with Crippen LogP contribution in [0.15, 0.2) is 54.9 Å². The number of hydrogen-bond donors (Lipinski definition) is 0. The number of aromatic nitrogens is 5. The molecule has 3 rings (SSSR count). The first-order valence-corrected chi connectivity index (χ1v) is 6.38. The molecule has 3 aromatic heterocycles. The van der Waals surface area contributed by atoms with Crippen molar-refractivity contribution in [3.63, 3.8) is 0 Å². The SMILES string of the molecule is O=C(Cc1ccc(-c2ccccn2)nn1)c1cccnn1. The molecule has 0 saturated heterocycles. The largest absolute Gasteiger partial charge is 0.292 e. The summed E-state index contributed by atoms with van der Waals surface area (Å²) >= 11 is 0. The average Bonchev–Trinajstić information content (AvgIpc) is 2.57. The summed E-state index contributed by atoms with van der Waals surface area (Å²) in [5, 5.41) is 15.6. The highest BCUT2D eigenvalue weighted by Gasteiger charge is 2.10. The van der Waals surface area contributed by atoms with E-state index in [1.807, 2.05) is 18.2 Å². The molecular formula is C15H11N5O. The zero-order valence-corrected chi connectivity index (χ0v) is 11.0. The number of Topliss-reactive ketones (excluding diaryl/α,β-unsaturated/α-hetero) is 1. The van der Waals surface area contributed by atoms with Gasteiger partial charge in [0.15, 0.2) is 5.78 Å². The Morgan fingerprint density at radius 2 is 1.81 bits per heavy atom. The van der Waals surface area contributed by atoms with Gasteiger partial charge in [0.25, 0.3) is 0 Å². The van der Waals surface area contributed by atoms with Crippen molar-refractivity contribution in [2.45, 2.75) is 6.42 Å². The highest BCUT2D eigenvalue weighted by atomic mass is 16.1. The molecule has 0 amide bonds. The molecule has 0 radical (unpaired) electrons. The van der Waals surface area contributed by atoms with Gasteiger partial charge in [-0.05, 0) is 36.4 Å². The van der Waals surface area contributed by atoms with Gasteiger partial charge in [-0.15, -0.1) is 10.2 Å². The lowest BCUT2D eigenvalue weighted by atomic mass is 10.1. The third-order valence-corrected chi connectivity index (χ3v) is 2.85. The van der Waals surface area contributed by atoms with Crippen molar-refractivity contribution in [2.75, 3.05) is 0 Å². The first-order valence-electron chi connectivity index (χ1n) is 6.38. The maximum Gasteiger partial charge on any atom is 0.189 e. The van der Waals surface area contributed by atoms with Crippen LogP contribution >= 0.6 is 0 Å². The monoisotopic (exact) mass is 277 g/mol. The Hall–Kier alpha value is -3.02. The fourth-order valence-electron chi connectivity index (χ4n) is 1.81. The fraction of sp³-hybridized carbons (Fsp3) is 0.0667. The molecule has 0 aliphatic rings. The number of ketones is 1. The van der Waals surface area contributed by atoms with Gasteiger partial charge in [0, 0.05) is 12.4 Å². The second-order valence-electron chi connectivity index (χ2n) is 4.33. The molecule has 0 bridgehead atoms. The summed E-state index contributed by atoms with van der Waals surface area (Å²) in [7, 11) is 0. The number of hydrogen-bond acceptors (Lipinski definition) is 6. The minimum absolute atomic E-state index is 0.136. The molecule has 0 unspecified atom stereocenters. The standard InChI is InChI=1S/C15H11N5O/c21-15(14-5-3-9-17-19-14)10-11-6-7-13(20-18-11)12-4-1-2-8-16-12/h1-9H,10H2. The Morgan fingerprint density at radius 3 is 2.48 bits per heavy atom. The van der Waals surface area contributed by atoms with Crippen LogP contribution in [0.3, 0.4) is 0 Å². The van der Waals surface area contributed by atoms with Crippen LogP contribution in [0.5, 0.6) is 0 Å². The Balaban J connectivity index is 1.75. The van der Waals surface area contributed by atoms with Crippen molar-refractivity contribution in [2.24, 2.45) is 0 Å². The molecule has 102 valence electrons. The number of carbonyl (C=O) groups excluding carboxylic acids is 1. The molecule has 0 aliphatic heterocycles. The van der Waals surface area contributed by atoms with E-state index in [1.54, 1.807) is 30.5 Å². The minimum Gasteiger partial charge on any atom is -0.292 e. The van der Waals surface area contributed by atoms with Crippen molar-refractivity contribution in [1.82, 2.24) is 25.4 Å². The smallest absolute Gasteiger partial charge is 0.189 e. The van der Waals surface area contributed by atoms with Crippen LogP contribution in [0.1, 0.15) is 16.2 Å². The maximum atomic E-state index is 12.0. The molecule has 3 aromatic rings. The molecule has 6 nitrogen and oxygen atoms in total. The molecule has 21 heavy (non-hydrogen) atoms. The lowest BCUT2D eigenvalue weighted by Gasteiger charge is -2.01. The third kappa shape index (κ3) is 3.11. The van der Waals surface area contributed by atoms with Crippen LogP contribution < -0.4 is 0 Å². The molecule has 0 atom stereocenters. The van der Waals surface area contributed by atoms with Crippen molar-refractivity contribution in [3.8, 4) is 11.4 Å². The second kappa shape index (κ2) is 5.96. The Bertz CT molecular complexity index is 729. The van der Waals surface area contributed by atoms with Crippen molar-refractivity contribution < 1.29 is 4.79 Å². The molecule has 0 fully saturated rings. The van der Waals surface area contributed by atoms with Crippen molar-refractivity contribution in [1.29, 1.82) is 0 Å². The summed E-state index contributed by atoms with van der Waals surface area (Å²) in [5.74, 6) is -0.136. The van der Waals surface area contributed by atoms with Gasteiger partial charge in [0.2, 0.25) is 0 Å². The van der Waals surface area contributed by atoms with Crippen LogP contribution in [-0.4, -0.2) is 31.2 Å². The van der Waals surface area contributed by atoms with E-state index in [4.69, 9.17) is 0 Å². The summed E-state index contributed by atoms with van der Waals surface area (Å²) in [5.41, 5.74) is 2.33. The summed E-state index contributed by atoms with van der Waals surface area (Å²) in [6.45, 7) is 0. The molecule has 6 heteroatoms. The predicted molar refractivity (Wildman–Crippen MR) is 75.3 cm³/mol. The van der Waals surface area contributed by atoms with Crippen LogP contribution in [0.2, 0.25) is 0 Å². The Labute approximate surface area is 120 Å². The van der Waals surface area contributed by atoms with Gasteiger partial charge >= 0.3 is 0 Å². The summed E-state index contributed by atoms with van der Waals surface area (Å²) in [6.07, 6.45) is 3.37. The highest BCUT2D eigenvalue weighted by Crippen LogP contribution is 2.12. The third-order valence-electron chi connectivity index (χ3n) is 2.85. The molecule has 0 spiro atoms. The first-order chi connectivity index (χ1) is 10.3. The van der Waals surface area contributed by atoms with E-state index in [2.05, 4.69) is 25.4 Å². The number of carbonyl (C=O) groups is 1. The van der Waals surface area contributed by atoms with Crippen LogP contribution in [0.4, 0.5) is 0 Å². The molecule has 0 saturated carbocycles. The Morgan fingerprint density at radius 1 is 0.857 bits per heavy atom. The highest BCUT2D eigenvalue weighted by molar-refractivity contribution is 5.95. The van der Waals surface area contributed by atoms with E-state index >= 15 is 0 Å². The lowest BCUT2D eigenvalue weighted by Crippen LogP contribution is -2.08. The molecule has 0 N–H and O–H groups in total. The predicted octanol–water partition coefficient (Wildman–Crippen LogP) is 1.75. The van der Waals surface area contributed by atoms with Crippen molar-refractivity contribution in [3.05, 3.63) is 66.2 Å².